The van der Waals surface area contributed by atoms with Gasteiger partial charge < -0.3 is 43.4 Å². The normalized spacial score (nSPS) is 15.7. The Hall–Kier alpha value is -1.93. The first-order valence-corrected chi connectivity index (χ1v) is 11.3. The zero-order chi connectivity index (χ0) is 24.7. The molecule has 0 saturated carbocycles. The molecule has 0 saturated heterocycles. The third-order valence-corrected chi connectivity index (χ3v) is 5.14. The van der Waals surface area contributed by atoms with E-state index in [9.17, 15) is 29.4 Å². The number of carboxylic acids is 1. The summed E-state index contributed by atoms with van der Waals surface area (Å²) in [6.07, 6.45) is 1.58. The fourth-order valence-corrected chi connectivity index (χ4v) is 2.99. The van der Waals surface area contributed by atoms with Gasteiger partial charge in [0.1, 0.15) is 24.2 Å². The maximum Gasteiger partial charge on any atom is 0.326 e. The Bertz CT molecular complexity index is 609. The van der Waals surface area contributed by atoms with E-state index in [1.165, 1.54) is 6.92 Å². The quantitative estimate of drug-likeness (QED) is 0.0789. The Balaban J connectivity index is 5.18. The second-order valence-corrected chi connectivity index (χ2v) is 7.90. The predicted octanol–water partition coefficient (Wildman–Crippen LogP) is -2.58. The van der Waals surface area contributed by atoms with Gasteiger partial charge >= 0.3 is 5.97 Å². The summed E-state index contributed by atoms with van der Waals surface area (Å²) < 4.78 is 0. The van der Waals surface area contributed by atoms with E-state index in [-0.39, 0.29) is 18.6 Å². The van der Waals surface area contributed by atoms with Crippen molar-refractivity contribution in [2.45, 2.75) is 75.7 Å². The van der Waals surface area contributed by atoms with Crippen molar-refractivity contribution in [2.24, 2.45) is 17.2 Å². The van der Waals surface area contributed by atoms with Crippen LogP contribution in [-0.2, 0) is 19.2 Å². The number of aliphatic carboxylic acids is 1. The fraction of sp³-hybridized carbons (Fsp3) is 0.789. The van der Waals surface area contributed by atoms with Crippen molar-refractivity contribution in [2.75, 3.05) is 18.8 Å². The van der Waals surface area contributed by atoms with Crippen LogP contribution in [0.5, 0.6) is 0 Å². The summed E-state index contributed by atoms with van der Waals surface area (Å²) in [7, 11) is 0. The first-order chi connectivity index (χ1) is 15.1. The van der Waals surface area contributed by atoms with Crippen LogP contribution in [0.4, 0.5) is 0 Å². The molecule has 0 aliphatic carbocycles. The third kappa shape index (κ3) is 11.6. The number of aliphatic hydroxyl groups is 1. The predicted molar refractivity (Wildman–Crippen MR) is 123 cm³/mol. The molecule has 11 N–H and O–H groups in total. The van der Waals surface area contributed by atoms with Crippen molar-refractivity contribution in [3.8, 4) is 0 Å². The Morgan fingerprint density at radius 3 is 1.69 bits per heavy atom. The van der Waals surface area contributed by atoms with E-state index in [0.717, 1.165) is 0 Å². The van der Waals surface area contributed by atoms with Gasteiger partial charge in [-0.15, -0.1) is 0 Å². The standard InChI is InChI=1S/C19H38N6O6S/c1-11(26)15(22)18(29)23-12(6-2-4-8-20)16(27)25-14(10-32)17(28)24-13(19(30)31)7-3-5-9-21/h11-15,26,32H,2-10,20-22H2,1H3,(H,23,29)(H,24,28)(H,25,27)(H,30,31). The second-order valence-electron chi connectivity index (χ2n) is 7.54. The van der Waals surface area contributed by atoms with E-state index in [2.05, 4.69) is 28.6 Å². The Morgan fingerprint density at radius 1 is 0.812 bits per heavy atom. The van der Waals surface area contributed by atoms with Gasteiger partial charge in [0.2, 0.25) is 17.7 Å². The lowest BCUT2D eigenvalue weighted by atomic mass is 10.1. The van der Waals surface area contributed by atoms with Crippen molar-refractivity contribution in [3.05, 3.63) is 0 Å². The summed E-state index contributed by atoms with van der Waals surface area (Å²) in [5, 5.41) is 26.2. The molecule has 0 aromatic heterocycles. The van der Waals surface area contributed by atoms with Crippen molar-refractivity contribution in [3.63, 3.8) is 0 Å². The van der Waals surface area contributed by atoms with Crippen LogP contribution in [0.3, 0.4) is 0 Å². The summed E-state index contributed by atoms with van der Waals surface area (Å²) in [6.45, 7) is 2.16. The highest BCUT2D eigenvalue weighted by atomic mass is 32.1. The second kappa shape index (κ2) is 16.7. The van der Waals surface area contributed by atoms with Crippen molar-refractivity contribution in [1.29, 1.82) is 0 Å². The molecule has 32 heavy (non-hydrogen) atoms. The average molecular weight is 479 g/mol. The Morgan fingerprint density at radius 2 is 1.25 bits per heavy atom. The van der Waals surface area contributed by atoms with Gasteiger partial charge in [0.15, 0.2) is 0 Å². The first kappa shape index (κ1) is 30.1. The summed E-state index contributed by atoms with van der Waals surface area (Å²) in [5.74, 6) is -3.37. The first-order valence-electron chi connectivity index (χ1n) is 10.7. The van der Waals surface area contributed by atoms with E-state index < -0.39 is 54.0 Å². The summed E-state index contributed by atoms with van der Waals surface area (Å²) in [5.41, 5.74) is 16.5. The number of thiol groups is 1. The van der Waals surface area contributed by atoms with Gasteiger partial charge in [-0.3, -0.25) is 14.4 Å². The van der Waals surface area contributed by atoms with Crippen LogP contribution >= 0.6 is 12.6 Å². The third-order valence-electron chi connectivity index (χ3n) is 4.78. The molecule has 0 rings (SSSR count). The number of amides is 3. The molecule has 13 heteroatoms. The van der Waals surface area contributed by atoms with Gasteiger partial charge in [-0.1, -0.05) is 0 Å². The molecule has 0 heterocycles. The molecule has 0 spiro atoms. The molecular weight excluding hydrogens is 440 g/mol. The lowest BCUT2D eigenvalue weighted by Gasteiger charge is -2.25. The lowest BCUT2D eigenvalue weighted by molar-refractivity contribution is -0.142. The molecule has 12 nitrogen and oxygen atoms in total. The molecule has 5 unspecified atom stereocenters. The SMILES string of the molecule is CC(O)C(N)C(=O)NC(CCCCN)C(=O)NC(CS)C(=O)NC(CCCCN)C(=O)O. The fourth-order valence-electron chi connectivity index (χ4n) is 2.74. The minimum atomic E-state index is -1.23. The number of hydrogen-bond donors (Lipinski definition) is 9. The lowest BCUT2D eigenvalue weighted by Crippen LogP contribution is -2.58. The van der Waals surface area contributed by atoms with Crippen molar-refractivity contribution >= 4 is 36.3 Å². The average Bonchev–Trinajstić information content (AvgIpc) is 2.74. The van der Waals surface area contributed by atoms with E-state index in [4.69, 9.17) is 17.2 Å². The zero-order valence-electron chi connectivity index (χ0n) is 18.5. The molecule has 0 bridgehead atoms. The molecule has 0 aromatic carbocycles. The van der Waals surface area contributed by atoms with Crippen LogP contribution in [0.1, 0.15) is 45.4 Å². The topological polar surface area (TPSA) is 223 Å². The van der Waals surface area contributed by atoms with Crippen molar-refractivity contribution < 1.29 is 29.4 Å². The number of unbranched alkanes of at least 4 members (excludes halogenated alkanes) is 2. The molecule has 0 aliphatic rings. The number of rotatable bonds is 17. The molecule has 0 fully saturated rings. The Kier molecular flexibility index (Phi) is 15.7. The van der Waals surface area contributed by atoms with E-state index >= 15 is 0 Å². The van der Waals surface area contributed by atoms with Crippen LogP contribution in [0.15, 0.2) is 0 Å². The van der Waals surface area contributed by atoms with Gasteiger partial charge in [-0.25, -0.2) is 4.79 Å². The number of carboxylic acid groups (broad SMARTS) is 1. The molecule has 0 aliphatic heterocycles. The maximum absolute atomic E-state index is 12.8. The molecule has 3 amide bonds. The highest BCUT2D eigenvalue weighted by Crippen LogP contribution is 2.05. The molecule has 186 valence electrons. The monoisotopic (exact) mass is 478 g/mol. The number of hydrogen-bond acceptors (Lipinski definition) is 9. The van der Waals surface area contributed by atoms with E-state index in [0.29, 0.717) is 38.8 Å². The highest BCUT2D eigenvalue weighted by Gasteiger charge is 2.30. The number of nitrogens with one attached hydrogen (secondary N) is 3. The van der Waals surface area contributed by atoms with Gasteiger partial charge in [-0.05, 0) is 58.5 Å². The van der Waals surface area contributed by atoms with Crippen molar-refractivity contribution in [1.82, 2.24) is 16.0 Å². The highest BCUT2D eigenvalue weighted by molar-refractivity contribution is 7.80. The zero-order valence-corrected chi connectivity index (χ0v) is 19.4. The van der Waals surface area contributed by atoms with Gasteiger partial charge in [0.05, 0.1) is 6.10 Å². The van der Waals surface area contributed by atoms with Crippen LogP contribution in [0.25, 0.3) is 0 Å². The van der Waals surface area contributed by atoms with Gasteiger partial charge in [0.25, 0.3) is 0 Å². The summed E-state index contributed by atoms with van der Waals surface area (Å²) >= 11 is 4.08. The van der Waals surface area contributed by atoms with E-state index in [1.807, 2.05) is 0 Å². The number of aliphatic hydroxyl groups excluding tert-OH is 1. The largest absolute Gasteiger partial charge is 0.480 e. The number of carbonyl (C=O) groups is 4. The van der Waals surface area contributed by atoms with Gasteiger partial charge in [-0.2, -0.15) is 12.6 Å². The number of carbonyl (C=O) groups excluding carboxylic acids is 3. The van der Waals surface area contributed by atoms with E-state index in [1.54, 1.807) is 0 Å². The van der Waals surface area contributed by atoms with Crippen LogP contribution in [-0.4, -0.2) is 83.0 Å². The van der Waals surface area contributed by atoms with Gasteiger partial charge in [0, 0.05) is 5.75 Å². The summed E-state index contributed by atoms with van der Waals surface area (Å²) in [6, 6.07) is -4.50. The molecule has 5 atom stereocenters. The smallest absolute Gasteiger partial charge is 0.326 e. The molecule has 0 radical (unpaired) electrons. The molecular formula is C19H38N6O6S. The minimum absolute atomic E-state index is 0.0939. The summed E-state index contributed by atoms with van der Waals surface area (Å²) in [4.78, 5) is 48.9. The number of nitrogens with two attached hydrogens (primary N) is 3. The molecule has 0 aromatic rings. The van der Waals surface area contributed by atoms with Crippen LogP contribution in [0, 0.1) is 0 Å². The minimum Gasteiger partial charge on any atom is -0.480 e. The van der Waals surface area contributed by atoms with Crippen LogP contribution < -0.4 is 33.2 Å². The maximum atomic E-state index is 12.8. The Labute approximate surface area is 193 Å². The van der Waals surface area contributed by atoms with Crippen LogP contribution in [0.2, 0.25) is 0 Å².